The summed E-state index contributed by atoms with van der Waals surface area (Å²) < 4.78 is 12.2. The first kappa shape index (κ1) is 18.4. The maximum atomic E-state index is 12.6. The molecule has 0 unspecified atom stereocenters. The lowest BCUT2D eigenvalue weighted by atomic mass is 9.48. The van der Waals surface area contributed by atoms with Gasteiger partial charge in [0, 0.05) is 18.4 Å². The quantitative estimate of drug-likeness (QED) is 0.606. The molecule has 0 spiro atoms. The third-order valence-corrected chi connectivity index (χ3v) is 9.25. The van der Waals surface area contributed by atoms with Crippen molar-refractivity contribution in [1.82, 2.24) is 0 Å². The molecule has 4 fully saturated rings. The Balaban J connectivity index is 1.32. The van der Waals surface area contributed by atoms with Crippen molar-refractivity contribution in [2.24, 2.45) is 28.6 Å². The van der Waals surface area contributed by atoms with E-state index in [4.69, 9.17) is 9.47 Å². The number of allylic oxidation sites excluding steroid dienone is 1. The third-order valence-electron chi connectivity index (χ3n) is 9.25. The number of fused-ring (bicyclic) bond motifs is 5. The second kappa shape index (κ2) is 6.69. The normalized spacial score (nSPS) is 49.8. The molecule has 0 amide bonds. The van der Waals surface area contributed by atoms with Crippen LogP contribution >= 0.6 is 0 Å². The molecule has 0 N–H and O–H groups in total. The van der Waals surface area contributed by atoms with Gasteiger partial charge in [-0.15, -0.1) is 0 Å². The highest BCUT2D eigenvalue weighted by molar-refractivity contribution is 5.87. The van der Waals surface area contributed by atoms with Crippen LogP contribution in [0.1, 0.15) is 84.5 Å². The van der Waals surface area contributed by atoms with Crippen LogP contribution in [0.4, 0.5) is 0 Å². The Morgan fingerprint density at radius 3 is 2.67 bits per heavy atom. The molecule has 0 aromatic carbocycles. The standard InChI is InChI=1S/C24H36O3/c1-23-12-10-17(27-22-5-3-4-14-26-22)15-16(23)6-7-18-19-8-9-21(25)24(19,2)13-11-20(18)23/h6,17-20,22H,3-5,7-15H2,1-2H3/t17-,18+,19-,20-,22+,23-,24-/m0/s1. The second-order valence-corrected chi connectivity index (χ2v) is 10.5. The van der Waals surface area contributed by atoms with Gasteiger partial charge in [0.05, 0.1) is 6.10 Å². The zero-order chi connectivity index (χ0) is 18.6. The molecular weight excluding hydrogens is 336 g/mol. The van der Waals surface area contributed by atoms with Crippen LogP contribution < -0.4 is 0 Å². The van der Waals surface area contributed by atoms with Crippen molar-refractivity contribution in [1.29, 1.82) is 0 Å². The van der Waals surface area contributed by atoms with Gasteiger partial charge in [0.1, 0.15) is 5.78 Å². The summed E-state index contributed by atoms with van der Waals surface area (Å²) >= 11 is 0. The summed E-state index contributed by atoms with van der Waals surface area (Å²) in [5.74, 6) is 2.68. The molecule has 1 saturated heterocycles. The van der Waals surface area contributed by atoms with E-state index in [1.54, 1.807) is 5.57 Å². The van der Waals surface area contributed by atoms with Gasteiger partial charge in [0.15, 0.2) is 6.29 Å². The first-order valence-electron chi connectivity index (χ1n) is 11.5. The SMILES string of the molecule is C[C@]12CC[C@H](O[C@@H]3CCCCO3)CC1=CC[C@H]1[C@@H]2CC[C@]2(C)C(=O)CC[C@@H]12. The van der Waals surface area contributed by atoms with Crippen molar-refractivity contribution in [2.75, 3.05) is 6.61 Å². The van der Waals surface area contributed by atoms with Crippen LogP contribution in [0.5, 0.6) is 0 Å². The zero-order valence-corrected chi connectivity index (χ0v) is 17.2. The van der Waals surface area contributed by atoms with Crippen molar-refractivity contribution >= 4 is 5.78 Å². The number of carbonyl (C=O) groups excluding carboxylic acids is 1. The smallest absolute Gasteiger partial charge is 0.157 e. The predicted octanol–water partition coefficient (Wildman–Crippen LogP) is 5.43. The van der Waals surface area contributed by atoms with E-state index in [-0.39, 0.29) is 11.7 Å². The summed E-state index contributed by atoms with van der Waals surface area (Å²) in [7, 11) is 0. The second-order valence-electron chi connectivity index (χ2n) is 10.5. The molecule has 7 atom stereocenters. The van der Waals surface area contributed by atoms with Gasteiger partial charge in [-0.3, -0.25) is 4.79 Å². The zero-order valence-electron chi connectivity index (χ0n) is 17.2. The Bertz CT molecular complexity index is 634. The number of hydrogen-bond acceptors (Lipinski definition) is 3. The summed E-state index contributed by atoms with van der Waals surface area (Å²) in [6, 6.07) is 0. The molecule has 1 aliphatic heterocycles. The van der Waals surface area contributed by atoms with Crippen LogP contribution in [-0.4, -0.2) is 24.8 Å². The minimum atomic E-state index is -0.0124. The number of ether oxygens (including phenoxy) is 2. The van der Waals surface area contributed by atoms with Gasteiger partial charge in [0.2, 0.25) is 0 Å². The maximum Gasteiger partial charge on any atom is 0.157 e. The fourth-order valence-electron chi connectivity index (χ4n) is 7.55. The molecular formula is C24H36O3. The maximum absolute atomic E-state index is 12.6. The summed E-state index contributed by atoms with van der Waals surface area (Å²) in [6.45, 7) is 5.67. The van der Waals surface area contributed by atoms with E-state index >= 15 is 0 Å². The Kier molecular flexibility index (Phi) is 4.55. The number of carbonyl (C=O) groups is 1. The monoisotopic (exact) mass is 372 g/mol. The Labute approximate surface area is 164 Å². The van der Waals surface area contributed by atoms with E-state index in [2.05, 4.69) is 19.9 Å². The number of rotatable bonds is 2. The van der Waals surface area contributed by atoms with Gasteiger partial charge in [-0.2, -0.15) is 0 Å². The molecule has 3 saturated carbocycles. The van der Waals surface area contributed by atoms with Crippen molar-refractivity contribution in [3.63, 3.8) is 0 Å². The molecule has 27 heavy (non-hydrogen) atoms. The molecule has 150 valence electrons. The third kappa shape index (κ3) is 2.87. The summed E-state index contributed by atoms with van der Waals surface area (Å²) in [6.07, 6.45) is 15.4. The van der Waals surface area contributed by atoms with E-state index in [1.165, 1.54) is 32.1 Å². The molecule has 3 nitrogen and oxygen atoms in total. The largest absolute Gasteiger partial charge is 0.353 e. The molecule has 0 radical (unpaired) electrons. The van der Waals surface area contributed by atoms with Crippen LogP contribution in [0.15, 0.2) is 11.6 Å². The molecule has 0 bridgehead atoms. The molecule has 0 aromatic rings. The minimum Gasteiger partial charge on any atom is -0.353 e. The van der Waals surface area contributed by atoms with Crippen LogP contribution in [0, 0.1) is 28.6 Å². The van der Waals surface area contributed by atoms with Crippen molar-refractivity contribution in [2.45, 2.75) is 96.9 Å². The summed E-state index contributed by atoms with van der Waals surface area (Å²) in [4.78, 5) is 12.6. The lowest BCUT2D eigenvalue weighted by Crippen LogP contribution is -2.50. The average Bonchev–Trinajstić information content (AvgIpc) is 2.98. The summed E-state index contributed by atoms with van der Waals surface area (Å²) in [5.41, 5.74) is 1.98. The van der Waals surface area contributed by atoms with Crippen LogP contribution in [0.25, 0.3) is 0 Å². The number of Topliss-reactive ketones (excluding diaryl/α,β-unsaturated/α-hetero) is 1. The molecule has 0 aromatic heterocycles. The Hall–Kier alpha value is -0.670. The lowest BCUT2D eigenvalue weighted by Gasteiger charge is -2.57. The van der Waals surface area contributed by atoms with Gasteiger partial charge in [0.25, 0.3) is 0 Å². The van der Waals surface area contributed by atoms with E-state index in [0.29, 0.717) is 23.2 Å². The van der Waals surface area contributed by atoms with Crippen LogP contribution in [-0.2, 0) is 14.3 Å². The highest BCUT2D eigenvalue weighted by atomic mass is 16.7. The molecule has 4 aliphatic carbocycles. The topological polar surface area (TPSA) is 35.5 Å². The number of hydrogen-bond donors (Lipinski definition) is 0. The van der Waals surface area contributed by atoms with Gasteiger partial charge in [-0.1, -0.05) is 25.5 Å². The van der Waals surface area contributed by atoms with E-state index in [0.717, 1.165) is 57.0 Å². The highest BCUT2D eigenvalue weighted by Crippen LogP contribution is 2.64. The molecule has 5 aliphatic rings. The van der Waals surface area contributed by atoms with Gasteiger partial charge in [-0.05, 0) is 87.4 Å². The lowest BCUT2D eigenvalue weighted by molar-refractivity contribution is -0.195. The molecule has 1 heterocycles. The van der Waals surface area contributed by atoms with Gasteiger partial charge >= 0.3 is 0 Å². The summed E-state index contributed by atoms with van der Waals surface area (Å²) in [5, 5.41) is 0. The average molecular weight is 373 g/mol. The predicted molar refractivity (Wildman–Crippen MR) is 105 cm³/mol. The first-order valence-corrected chi connectivity index (χ1v) is 11.5. The molecule has 3 heteroatoms. The fraction of sp³-hybridized carbons (Fsp3) is 0.875. The number of ketones is 1. The van der Waals surface area contributed by atoms with E-state index in [1.807, 2.05) is 0 Å². The molecule has 5 rings (SSSR count). The fourth-order valence-corrected chi connectivity index (χ4v) is 7.55. The van der Waals surface area contributed by atoms with Gasteiger partial charge in [-0.25, -0.2) is 0 Å². The van der Waals surface area contributed by atoms with Crippen molar-refractivity contribution in [3.05, 3.63) is 11.6 Å². The van der Waals surface area contributed by atoms with Crippen molar-refractivity contribution in [3.8, 4) is 0 Å². The first-order chi connectivity index (χ1) is 13.0. The van der Waals surface area contributed by atoms with E-state index < -0.39 is 0 Å². The van der Waals surface area contributed by atoms with Gasteiger partial charge < -0.3 is 9.47 Å². The van der Waals surface area contributed by atoms with Crippen LogP contribution in [0.2, 0.25) is 0 Å². The van der Waals surface area contributed by atoms with E-state index in [9.17, 15) is 4.79 Å². The van der Waals surface area contributed by atoms with Crippen LogP contribution in [0.3, 0.4) is 0 Å². The highest BCUT2D eigenvalue weighted by Gasteiger charge is 2.58. The minimum absolute atomic E-state index is 0.0124. The van der Waals surface area contributed by atoms with Crippen molar-refractivity contribution < 1.29 is 14.3 Å². The Morgan fingerprint density at radius 1 is 1.04 bits per heavy atom. The Morgan fingerprint density at radius 2 is 1.85 bits per heavy atom.